The van der Waals surface area contributed by atoms with Gasteiger partial charge in [0.15, 0.2) is 0 Å². The number of carbonyl (C=O) groups excluding carboxylic acids is 1. The Hall–Kier alpha value is -1.94. The van der Waals surface area contributed by atoms with Gasteiger partial charge in [0.05, 0.1) is 24.6 Å². The minimum atomic E-state index is 0.131. The van der Waals surface area contributed by atoms with Crippen molar-refractivity contribution in [1.82, 2.24) is 9.97 Å². The van der Waals surface area contributed by atoms with Crippen molar-refractivity contribution in [2.24, 2.45) is 0 Å². The Morgan fingerprint density at radius 3 is 2.80 bits per heavy atom. The molecule has 0 saturated heterocycles. The first-order valence-electron chi connectivity index (χ1n) is 6.59. The number of benzene rings is 1. The van der Waals surface area contributed by atoms with E-state index in [-0.39, 0.29) is 5.91 Å². The average molecular weight is 288 g/mol. The summed E-state index contributed by atoms with van der Waals surface area (Å²) in [5.74, 6) is 0.131. The molecule has 3 rings (SSSR count). The van der Waals surface area contributed by atoms with Crippen molar-refractivity contribution >= 4 is 23.2 Å². The first-order chi connectivity index (χ1) is 9.74. The van der Waals surface area contributed by atoms with Crippen LogP contribution in [0.2, 0.25) is 5.15 Å². The second-order valence-electron chi connectivity index (χ2n) is 4.79. The zero-order chi connectivity index (χ0) is 13.9. The molecule has 0 spiro atoms. The summed E-state index contributed by atoms with van der Waals surface area (Å²) in [7, 11) is 0. The molecule has 0 atom stereocenters. The molecule has 2 aromatic rings. The van der Waals surface area contributed by atoms with Crippen molar-refractivity contribution in [3.05, 3.63) is 53.1 Å². The molecule has 0 radical (unpaired) electrons. The van der Waals surface area contributed by atoms with Crippen LogP contribution in [-0.4, -0.2) is 15.9 Å². The van der Waals surface area contributed by atoms with Gasteiger partial charge >= 0.3 is 0 Å². The van der Waals surface area contributed by atoms with Crippen LogP contribution in [0, 0.1) is 0 Å². The monoisotopic (exact) mass is 287 g/mol. The molecule has 2 heterocycles. The van der Waals surface area contributed by atoms with Crippen molar-refractivity contribution in [3.63, 3.8) is 0 Å². The van der Waals surface area contributed by atoms with E-state index in [4.69, 9.17) is 11.6 Å². The van der Waals surface area contributed by atoms with Crippen LogP contribution in [-0.2, 0) is 17.8 Å². The fourth-order valence-corrected chi connectivity index (χ4v) is 2.54. The number of para-hydroxylation sites is 1. The van der Waals surface area contributed by atoms with Gasteiger partial charge in [-0.1, -0.05) is 29.8 Å². The number of amides is 1. The number of rotatable bonds is 2. The molecule has 1 aromatic heterocycles. The lowest BCUT2D eigenvalue weighted by Gasteiger charge is -2.22. The topological polar surface area (TPSA) is 46.1 Å². The van der Waals surface area contributed by atoms with Gasteiger partial charge in [-0.3, -0.25) is 9.78 Å². The number of aromatic nitrogens is 2. The molecule has 0 aliphatic carbocycles. The van der Waals surface area contributed by atoms with Crippen LogP contribution in [0.3, 0.4) is 0 Å². The number of anilines is 1. The van der Waals surface area contributed by atoms with E-state index in [2.05, 4.69) is 16.0 Å². The highest BCUT2D eigenvalue weighted by Gasteiger charge is 2.22. The third kappa shape index (κ3) is 2.65. The molecular formula is C15H14ClN3O. The van der Waals surface area contributed by atoms with Crippen LogP contribution >= 0.6 is 11.6 Å². The normalized spacial score (nSPS) is 14.8. The lowest BCUT2D eigenvalue weighted by molar-refractivity contribution is -0.118. The van der Waals surface area contributed by atoms with Crippen molar-refractivity contribution in [2.75, 3.05) is 4.90 Å². The lowest BCUT2D eigenvalue weighted by Crippen LogP contribution is -2.30. The fraction of sp³-hybridized carbons (Fsp3) is 0.267. The number of carbonyl (C=O) groups is 1. The van der Waals surface area contributed by atoms with E-state index >= 15 is 0 Å². The maximum absolute atomic E-state index is 12.3. The van der Waals surface area contributed by atoms with E-state index in [9.17, 15) is 4.79 Å². The molecule has 1 amide bonds. The van der Waals surface area contributed by atoms with Crippen LogP contribution in [0.1, 0.15) is 24.1 Å². The fourth-order valence-electron chi connectivity index (χ4n) is 2.44. The Morgan fingerprint density at radius 2 is 2.00 bits per heavy atom. The van der Waals surface area contributed by atoms with Crippen LogP contribution in [0.25, 0.3) is 0 Å². The first-order valence-corrected chi connectivity index (χ1v) is 6.96. The molecule has 0 saturated carbocycles. The molecule has 1 aromatic carbocycles. The smallest absolute Gasteiger partial charge is 0.227 e. The Morgan fingerprint density at radius 1 is 1.15 bits per heavy atom. The van der Waals surface area contributed by atoms with Gasteiger partial charge in [0.1, 0.15) is 5.15 Å². The van der Waals surface area contributed by atoms with E-state index in [1.165, 1.54) is 11.8 Å². The maximum Gasteiger partial charge on any atom is 0.227 e. The van der Waals surface area contributed by atoms with Gasteiger partial charge in [0.25, 0.3) is 0 Å². The van der Waals surface area contributed by atoms with Gasteiger partial charge in [-0.2, -0.15) is 0 Å². The summed E-state index contributed by atoms with van der Waals surface area (Å²) in [6.45, 7) is 0.431. The second kappa shape index (κ2) is 5.59. The van der Waals surface area contributed by atoms with Gasteiger partial charge in [-0.15, -0.1) is 0 Å². The quantitative estimate of drug-likeness (QED) is 0.853. The summed E-state index contributed by atoms with van der Waals surface area (Å²) in [5, 5.41) is 0.358. The zero-order valence-electron chi connectivity index (χ0n) is 10.9. The molecule has 20 heavy (non-hydrogen) atoms. The third-order valence-electron chi connectivity index (χ3n) is 3.41. The van der Waals surface area contributed by atoms with E-state index in [0.717, 1.165) is 24.2 Å². The summed E-state index contributed by atoms with van der Waals surface area (Å²) in [6, 6.07) is 8.03. The van der Waals surface area contributed by atoms with Crippen molar-refractivity contribution in [3.8, 4) is 0 Å². The summed E-state index contributed by atoms with van der Waals surface area (Å²) in [4.78, 5) is 22.3. The average Bonchev–Trinajstić information content (AvgIpc) is 2.62. The van der Waals surface area contributed by atoms with Gasteiger partial charge < -0.3 is 4.90 Å². The maximum atomic E-state index is 12.3. The van der Waals surface area contributed by atoms with Crippen LogP contribution in [0.15, 0.2) is 36.7 Å². The number of fused-ring (bicyclic) bond motifs is 1. The van der Waals surface area contributed by atoms with Crippen LogP contribution in [0.5, 0.6) is 0 Å². The summed E-state index contributed by atoms with van der Waals surface area (Å²) >= 11 is 5.74. The molecule has 1 aliphatic rings. The number of hydrogen-bond acceptors (Lipinski definition) is 3. The van der Waals surface area contributed by atoms with E-state index < -0.39 is 0 Å². The van der Waals surface area contributed by atoms with E-state index in [1.54, 1.807) is 11.1 Å². The zero-order valence-corrected chi connectivity index (χ0v) is 11.7. The third-order valence-corrected chi connectivity index (χ3v) is 3.61. The number of hydrogen-bond donors (Lipinski definition) is 0. The number of halogens is 1. The molecule has 1 aliphatic heterocycles. The van der Waals surface area contributed by atoms with Gasteiger partial charge in [0, 0.05) is 12.1 Å². The second-order valence-corrected chi connectivity index (χ2v) is 5.18. The largest absolute Gasteiger partial charge is 0.306 e. The summed E-state index contributed by atoms with van der Waals surface area (Å²) < 4.78 is 0. The Bertz CT molecular complexity index is 627. The van der Waals surface area contributed by atoms with Gasteiger partial charge in [-0.25, -0.2) is 4.98 Å². The molecule has 5 heteroatoms. The standard InChI is InChI=1S/C15H14ClN3O/c16-14-9-17-12(8-18-14)10-19-13-6-2-1-4-11(13)5-3-7-15(19)20/h1-2,4,6,8-9H,3,5,7,10H2. The van der Waals surface area contributed by atoms with Crippen LogP contribution < -0.4 is 4.90 Å². The van der Waals surface area contributed by atoms with Gasteiger partial charge in [-0.05, 0) is 24.5 Å². The summed E-state index contributed by atoms with van der Waals surface area (Å²) in [5.41, 5.74) is 2.92. The Balaban J connectivity index is 1.94. The molecular weight excluding hydrogens is 274 g/mol. The van der Waals surface area contributed by atoms with Gasteiger partial charge in [0.2, 0.25) is 5.91 Å². The first kappa shape index (κ1) is 13.1. The van der Waals surface area contributed by atoms with Crippen molar-refractivity contribution in [1.29, 1.82) is 0 Å². The number of nitrogens with zero attached hydrogens (tertiary/aromatic N) is 3. The highest BCUT2D eigenvalue weighted by molar-refractivity contribution is 6.29. The van der Waals surface area contributed by atoms with E-state index in [0.29, 0.717) is 18.1 Å². The molecule has 0 fully saturated rings. The Kier molecular flexibility index (Phi) is 3.65. The highest BCUT2D eigenvalue weighted by atomic mass is 35.5. The molecule has 0 bridgehead atoms. The molecule has 0 unspecified atom stereocenters. The molecule has 102 valence electrons. The minimum absolute atomic E-state index is 0.131. The van der Waals surface area contributed by atoms with E-state index in [1.807, 2.05) is 18.2 Å². The van der Waals surface area contributed by atoms with Crippen LogP contribution in [0.4, 0.5) is 5.69 Å². The predicted octanol–water partition coefficient (Wildman–Crippen LogP) is 3.00. The summed E-state index contributed by atoms with van der Waals surface area (Å²) in [6.07, 6.45) is 5.51. The molecule has 0 N–H and O–H groups in total. The Labute approximate surface area is 122 Å². The number of aryl methyl sites for hydroxylation is 1. The lowest BCUT2D eigenvalue weighted by atomic mass is 10.1. The molecule has 4 nitrogen and oxygen atoms in total. The highest BCUT2D eigenvalue weighted by Crippen LogP contribution is 2.27. The SMILES string of the molecule is O=C1CCCc2ccccc2N1Cc1cnc(Cl)cn1. The minimum Gasteiger partial charge on any atom is -0.306 e. The van der Waals surface area contributed by atoms with Crippen molar-refractivity contribution in [2.45, 2.75) is 25.8 Å². The van der Waals surface area contributed by atoms with Crippen molar-refractivity contribution < 1.29 is 4.79 Å². The predicted molar refractivity (Wildman–Crippen MR) is 77.6 cm³/mol.